The van der Waals surface area contributed by atoms with Gasteiger partial charge < -0.3 is 10.6 Å². The summed E-state index contributed by atoms with van der Waals surface area (Å²) in [4.78, 5) is 23.3. The van der Waals surface area contributed by atoms with Gasteiger partial charge in [0.2, 0.25) is 11.8 Å². The van der Waals surface area contributed by atoms with Crippen LogP contribution in [0.25, 0.3) is 0 Å². The van der Waals surface area contributed by atoms with Gasteiger partial charge in [0, 0.05) is 18.1 Å². The molecule has 21 heavy (non-hydrogen) atoms. The van der Waals surface area contributed by atoms with Crippen molar-refractivity contribution in [2.45, 2.75) is 26.8 Å². The predicted molar refractivity (Wildman–Crippen MR) is 81.9 cm³/mol. The van der Waals surface area contributed by atoms with Gasteiger partial charge in [-0.25, -0.2) is 9.97 Å². The van der Waals surface area contributed by atoms with Gasteiger partial charge in [-0.1, -0.05) is 0 Å². The predicted octanol–water partition coefficient (Wildman–Crippen LogP) is 2.67. The zero-order valence-corrected chi connectivity index (χ0v) is 13.0. The van der Waals surface area contributed by atoms with Crippen molar-refractivity contribution in [1.82, 2.24) is 15.0 Å². The van der Waals surface area contributed by atoms with Crippen LogP contribution >= 0.6 is 11.3 Å². The van der Waals surface area contributed by atoms with E-state index in [1.807, 2.05) is 19.2 Å². The molecule has 0 radical (unpaired) electrons. The van der Waals surface area contributed by atoms with Gasteiger partial charge in [-0.2, -0.15) is 4.98 Å². The highest BCUT2D eigenvalue weighted by Crippen LogP contribution is 2.30. The summed E-state index contributed by atoms with van der Waals surface area (Å²) in [5.74, 6) is 0.528. The lowest BCUT2D eigenvalue weighted by Crippen LogP contribution is -2.12. The number of aromatic nitrogens is 3. The van der Waals surface area contributed by atoms with E-state index in [2.05, 4.69) is 25.6 Å². The molecule has 0 spiro atoms. The van der Waals surface area contributed by atoms with Crippen molar-refractivity contribution in [1.29, 1.82) is 0 Å². The Morgan fingerprint density at radius 3 is 2.57 bits per heavy atom. The second-order valence-electron chi connectivity index (χ2n) is 4.53. The maximum Gasteiger partial charge on any atom is 0.332 e. The number of anilines is 2. The van der Waals surface area contributed by atoms with Crippen LogP contribution in [0.15, 0.2) is 5.38 Å². The van der Waals surface area contributed by atoms with E-state index < -0.39 is 4.92 Å². The molecule has 0 fully saturated rings. The summed E-state index contributed by atoms with van der Waals surface area (Å²) >= 11 is 1.50. The van der Waals surface area contributed by atoms with Gasteiger partial charge in [0.1, 0.15) is 10.7 Å². The minimum atomic E-state index is -0.475. The maximum absolute atomic E-state index is 11.2. The molecule has 0 amide bonds. The highest BCUT2D eigenvalue weighted by atomic mass is 32.1. The molecule has 1 atom stereocenters. The third kappa shape index (κ3) is 3.24. The number of nitro groups is 1. The fourth-order valence-electron chi connectivity index (χ4n) is 1.84. The van der Waals surface area contributed by atoms with Gasteiger partial charge in [0.25, 0.3) is 0 Å². The third-order valence-corrected chi connectivity index (χ3v) is 3.97. The molecule has 9 heteroatoms. The van der Waals surface area contributed by atoms with E-state index in [1.54, 1.807) is 14.0 Å². The fraction of sp³-hybridized carbons (Fsp3) is 0.417. The first-order chi connectivity index (χ1) is 9.92. The Bertz CT molecular complexity index is 672. The lowest BCUT2D eigenvalue weighted by molar-refractivity contribution is -0.385. The van der Waals surface area contributed by atoms with Gasteiger partial charge in [-0.05, 0) is 20.8 Å². The Morgan fingerprint density at radius 2 is 2.05 bits per heavy atom. The molecular formula is C12H16N6O2S. The molecule has 1 unspecified atom stereocenters. The number of thiazole rings is 1. The lowest BCUT2D eigenvalue weighted by Gasteiger charge is -2.13. The van der Waals surface area contributed by atoms with Crippen LogP contribution in [-0.2, 0) is 0 Å². The molecule has 0 saturated heterocycles. The van der Waals surface area contributed by atoms with E-state index in [-0.39, 0.29) is 17.5 Å². The van der Waals surface area contributed by atoms with Crippen LogP contribution in [0.4, 0.5) is 17.5 Å². The summed E-state index contributed by atoms with van der Waals surface area (Å²) in [6.45, 7) is 5.38. The first kappa shape index (κ1) is 15.1. The normalized spacial score (nSPS) is 12.0. The average Bonchev–Trinajstić information content (AvgIpc) is 2.84. The van der Waals surface area contributed by atoms with Crippen molar-refractivity contribution in [3.8, 4) is 0 Å². The van der Waals surface area contributed by atoms with Crippen molar-refractivity contribution in [3.63, 3.8) is 0 Å². The molecule has 2 rings (SSSR count). The molecule has 112 valence electrons. The Labute approximate surface area is 125 Å². The largest absolute Gasteiger partial charge is 0.357 e. The van der Waals surface area contributed by atoms with Crippen molar-refractivity contribution in [2.75, 3.05) is 17.7 Å². The summed E-state index contributed by atoms with van der Waals surface area (Å²) in [7, 11) is 1.66. The van der Waals surface area contributed by atoms with Crippen LogP contribution < -0.4 is 10.6 Å². The molecule has 0 aliphatic carbocycles. The zero-order valence-electron chi connectivity index (χ0n) is 12.2. The highest BCUT2D eigenvalue weighted by Gasteiger charge is 2.24. The van der Waals surface area contributed by atoms with Crippen molar-refractivity contribution in [2.24, 2.45) is 0 Å². The lowest BCUT2D eigenvalue weighted by atomic mass is 10.3. The number of hydrogen-bond acceptors (Lipinski definition) is 8. The summed E-state index contributed by atoms with van der Waals surface area (Å²) in [6, 6.07) is -0.179. The number of rotatable bonds is 5. The van der Waals surface area contributed by atoms with E-state index in [1.165, 1.54) is 11.3 Å². The number of hydrogen-bond donors (Lipinski definition) is 2. The zero-order chi connectivity index (χ0) is 15.6. The fourth-order valence-corrected chi connectivity index (χ4v) is 2.64. The molecule has 2 aromatic heterocycles. The molecule has 0 saturated carbocycles. The van der Waals surface area contributed by atoms with Gasteiger partial charge >= 0.3 is 5.69 Å². The first-order valence-electron chi connectivity index (χ1n) is 6.31. The highest BCUT2D eigenvalue weighted by molar-refractivity contribution is 7.09. The minimum absolute atomic E-state index is 0.117. The third-order valence-electron chi connectivity index (χ3n) is 2.82. The van der Waals surface area contributed by atoms with E-state index in [9.17, 15) is 10.1 Å². The van der Waals surface area contributed by atoms with E-state index in [0.29, 0.717) is 11.6 Å². The summed E-state index contributed by atoms with van der Waals surface area (Å²) in [6.07, 6.45) is 0. The average molecular weight is 308 g/mol. The van der Waals surface area contributed by atoms with Crippen molar-refractivity contribution < 1.29 is 4.92 Å². The summed E-state index contributed by atoms with van der Waals surface area (Å²) in [5, 5.41) is 19.8. The number of nitrogens with one attached hydrogen (secondary N) is 2. The molecule has 0 aliphatic heterocycles. The summed E-state index contributed by atoms with van der Waals surface area (Å²) in [5.41, 5.74) is 1.12. The van der Waals surface area contributed by atoms with Crippen molar-refractivity contribution in [3.05, 3.63) is 31.9 Å². The van der Waals surface area contributed by atoms with E-state index in [4.69, 9.17) is 0 Å². The van der Waals surface area contributed by atoms with Crippen LogP contribution in [0.1, 0.15) is 29.4 Å². The van der Waals surface area contributed by atoms with Crippen LogP contribution in [0.5, 0.6) is 0 Å². The molecule has 8 nitrogen and oxygen atoms in total. The van der Waals surface area contributed by atoms with Crippen LogP contribution in [0, 0.1) is 24.0 Å². The Kier molecular flexibility index (Phi) is 4.32. The molecule has 2 aromatic rings. The Morgan fingerprint density at radius 1 is 1.33 bits per heavy atom. The molecular weight excluding hydrogens is 292 g/mol. The Balaban J connectivity index is 2.37. The summed E-state index contributed by atoms with van der Waals surface area (Å²) < 4.78 is 0. The van der Waals surface area contributed by atoms with E-state index >= 15 is 0 Å². The van der Waals surface area contributed by atoms with Crippen LogP contribution in [-0.4, -0.2) is 26.9 Å². The monoisotopic (exact) mass is 308 g/mol. The molecule has 0 aromatic carbocycles. The quantitative estimate of drug-likeness (QED) is 0.646. The maximum atomic E-state index is 11.2. The number of aryl methyl sites for hydroxylation is 2. The van der Waals surface area contributed by atoms with Gasteiger partial charge in [-0.3, -0.25) is 10.1 Å². The van der Waals surface area contributed by atoms with Crippen LogP contribution in [0.3, 0.4) is 0 Å². The van der Waals surface area contributed by atoms with E-state index in [0.717, 1.165) is 10.7 Å². The number of nitrogens with zero attached hydrogens (tertiary/aromatic N) is 4. The second-order valence-corrected chi connectivity index (χ2v) is 5.42. The smallest absolute Gasteiger partial charge is 0.332 e. The second kappa shape index (κ2) is 6.00. The van der Waals surface area contributed by atoms with Gasteiger partial charge in [0.05, 0.1) is 11.0 Å². The molecule has 0 aliphatic rings. The van der Waals surface area contributed by atoms with Crippen molar-refractivity contribution >= 4 is 28.8 Å². The van der Waals surface area contributed by atoms with Crippen LogP contribution in [0.2, 0.25) is 0 Å². The first-order valence-corrected chi connectivity index (χ1v) is 7.19. The standard InChI is InChI=1S/C12H16N6O2S/c1-6-5-21-11(14-6)8(3)15-10-9(18(19)20)7(2)16-12(13-4)17-10/h5,8H,1-4H3,(H2,13,15,16,17). The van der Waals surface area contributed by atoms with Gasteiger partial charge in [-0.15, -0.1) is 11.3 Å². The SMILES string of the molecule is CNc1nc(C)c([N+](=O)[O-])c(NC(C)c2nc(C)cs2)n1. The van der Waals surface area contributed by atoms with Gasteiger partial charge in [0.15, 0.2) is 0 Å². The Hall–Kier alpha value is -2.29. The molecule has 0 bridgehead atoms. The molecule has 2 heterocycles. The molecule has 2 N–H and O–H groups in total. The topological polar surface area (TPSA) is 106 Å². The minimum Gasteiger partial charge on any atom is -0.357 e.